The topological polar surface area (TPSA) is 55.8 Å². The molecule has 0 bridgehead atoms. The number of rotatable bonds is 4. The molecule has 0 unspecified atom stereocenters. The molecule has 0 N–H and O–H groups in total. The molecule has 0 fully saturated rings. The first-order valence-electron chi connectivity index (χ1n) is 7.83. The molecule has 2 aromatic rings. The van der Waals surface area contributed by atoms with Crippen LogP contribution in [0.4, 0.5) is 10.1 Å². The molecule has 1 aliphatic heterocycles. The van der Waals surface area contributed by atoms with E-state index < -0.39 is 23.7 Å². The number of carbonyl (C=O) groups excluding carboxylic acids is 2. The number of methoxy groups -OCH3 is 2. The fourth-order valence-electron chi connectivity index (χ4n) is 2.78. The molecule has 0 atom stereocenters. The van der Waals surface area contributed by atoms with E-state index in [9.17, 15) is 14.0 Å². The normalized spacial score (nSPS) is 14.4. The fourth-order valence-corrected chi connectivity index (χ4v) is 3.98. The molecule has 27 heavy (non-hydrogen) atoms. The number of halogens is 2. The summed E-state index contributed by atoms with van der Waals surface area (Å²) in [5, 5.41) is 0. The van der Waals surface area contributed by atoms with Crippen molar-refractivity contribution in [3.63, 3.8) is 0 Å². The van der Waals surface area contributed by atoms with Crippen molar-refractivity contribution in [1.82, 2.24) is 0 Å². The molecule has 1 aliphatic rings. The molecule has 0 radical (unpaired) electrons. The number of carbonyl (C=O) groups is 2. The van der Waals surface area contributed by atoms with Crippen molar-refractivity contribution in [2.45, 2.75) is 5.92 Å². The minimum atomic E-state index is -0.681. The summed E-state index contributed by atoms with van der Waals surface area (Å²) in [5.41, 5.74) is 1.05. The Hall–Kier alpha value is -2.64. The van der Waals surface area contributed by atoms with Crippen LogP contribution < -0.4 is 4.90 Å². The Kier molecular flexibility index (Phi) is 5.62. The summed E-state index contributed by atoms with van der Waals surface area (Å²) in [6.07, 6.45) is 3.12. The number of anilines is 1. The maximum Gasteiger partial charge on any atom is 0.336 e. The van der Waals surface area contributed by atoms with Gasteiger partial charge in [-0.15, -0.1) is 11.3 Å². The highest BCUT2D eigenvalue weighted by Crippen LogP contribution is 2.41. The molecule has 1 aromatic heterocycles. The highest BCUT2D eigenvalue weighted by molar-refractivity contribution is 7.16. The van der Waals surface area contributed by atoms with Gasteiger partial charge in [0.05, 0.1) is 35.6 Å². The second-order valence-electron chi connectivity index (χ2n) is 5.61. The van der Waals surface area contributed by atoms with Crippen molar-refractivity contribution in [2.75, 3.05) is 19.1 Å². The Morgan fingerprint density at radius 3 is 2.00 bits per heavy atom. The molecule has 5 nitrogen and oxygen atoms in total. The second kappa shape index (κ2) is 7.94. The highest BCUT2D eigenvalue weighted by atomic mass is 35.5. The predicted molar refractivity (Wildman–Crippen MR) is 101 cm³/mol. The minimum Gasteiger partial charge on any atom is -0.466 e. The van der Waals surface area contributed by atoms with Crippen molar-refractivity contribution < 1.29 is 23.5 Å². The Labute approximate surface area is 164 Å². The number of benzene rings is 1. The molecule has 2 heterocycles. The Bertz CT molecular complexity index is 901. The molecule has 0 spiro atoms. The monoisotopic (exact) mass is 407 g/mol. The molecule has 140 valence electrons. The molecule has 0 aliphatic carbocycles. The van der Waals surface area contributed by atoms with E-state index in [0.717, 1.165) is 0 Å². The van der Waals surface area contributed by atoms with Crippen molar-refractivity contribution in [1.29, 1.82) is 0 Å². The van der Waals surface area contributed by atoms with E-state index in [1.165, 1.54) is 49.8 Å². The third-order valence-electron chi connectivity index (χ3n) is 4.02. The van der Waals surface area contributed by atoms with Crippen LogP contribution in [0.5, 0.6) is 0 Å². The standard InChI is InChI=1S/C19H15ClFNO4S/c1-25-18(23)13-9-22(12-5-3-11(21)4-6-12)10-14(19(24)26-2)17(13)15-7-8-16(20)27-15/h3-10,17H,1-2H3. The fraction of sp³-hybridized carbons (Fsp3) is 0.158. The van der Waals surface area contributed by atoms with Gasteiger partial charge in [-0.2, -0.15) is 0 Å². The third-order valence-corrected chi connectivity index (χ3v) is 5.32. The van der Waals surface area contributed by atoms with E-state index in [-0.39, 0.29) is 11.1 Å². The van der Waals surface area contributed by atoms with Crippen molar-refractivity contribution >= 4 is 40.6 Å². The largest absolute Gasteiger partial charge is 0.466 e. The molecule has 0 amide bonds. The average Bonchev–Trinajstić information content (AvgIpc) is 3.12. The summed E-state index contributed by atoms with van der Waals surface area (Å²) < 4.78 is 23.6. The van der Waals surface area contributed by atoms with Gasteiger partial charge in [0.15, 0.2) is 0 Å². The lowest BCUT2D eigenvalue weighted by molar-refractivity contribution is -0.137. The first-order valence-corrected chi connectivity index (χ1v) is 9.03. The van der Waals surface area contributed by atoms with E-state index in [1.54, 1.807) is 29.4 Å². The van der Waals surface area contributed by atoms with Gasteiger partial charge in [-0.1, -0.05) is 11.6 Å². The summed E-state index contributed by atoms with van der Waals surface area (Å²) in [6.45, 7) is 0. The van der Waals surface area contributed by atoms with Crippen molar-refractivity contribution in [2.24, 2.45) is 0 Å². The van der Waals surface area contributed by atoms with E-state index in [1.807, 2.05) is 0 Å². The van der Waals surface area contributed by atoms with E-state index in [0.29, 0.717) is 14.9 Å². The molecular formula is C19H15ClFNO4S. The van der Waals surface area contributed by atoms with Gasteiger partial charge in [0.1, 0.15) is 5.82 Å². The maximum atomic E-state index is 13.2. The van der Waals surface area contributed by atoms with Gasteiger partial charge < -0.3 is 14.4 Å². The lowest BCUT2D eigenvalue weighted by Crippen LogP contribution is -2.28. The summed E-state index contributed by atoms with van der Waals surface area (Å²) in [7, 11) is 2.53. The van der Waals surface area contributed by atoms with Gasteiger partial charge in [-0.3, -0.25) is 0 Å². The SMILES string of the molecule is COC(=O)C1=CN(c2ccc(F)cc2)C=C(C(=O)OC)C1c1ccc(Cl)s1. The molecule has 0 saturated carbocycles. The van der Waals surface area contributed by atoms with Gasteiger partial charge in [0.25, 0.3) is 0 Å². The van der Waals surface area contributed by atoms with Gasteiger partial charge in [-0.25, -0.2) is 14.0 Å². The summed E-state index contributed by atoms with van der Waals surface area (Å²) in [5.74, 6) is -2.26. The number of esters is 2. The number of hydrogen-bond donors (Lipinski definition) is 0. The molecule has 0 saturated heterocycles. The van der Waals surface area contributed by atoms with Gasteiger partial charge in [-0.05, 0) is 36.4 Å². The third kappa shape index (κ3) is 3.89. The summed E-state index contributed by atoms with van der Waals surface area (Å²) in [6, 6.07) is 9.09. The first kappa shape index (κ1) is 19.1. The van der Waals surface area contributed by atoms with E-state index >= 15 is 0 Å². The van der Waals surface area contributed by atoms with E-state index in [2.05, 4.69) is 0 Å². The number of nitrogens with zero attached hydrogens (tertiary/aromatic N) is 1. The van der Waals surface area contributed by atoms with Crippen molar-refractivity contribution in [3.8, 4) is 0 Å². The zero-order valence-corrected chi connectivity index (χ0v) is 16.0. The lowest BCUT2D eigenvalue weighted by atomic mass is 9.88. The smallest absolute Gasteiger partial charge is 0.336 e. The highest BCUT2D eigenvalue weighted by Gasteiger charge is 2.36. The average molecular weight is 408 g/mol. The Morgan fingerprint density at radius 2 is 1.56 bits per heavy atom. The zero-order chi connectivity index (χ0) is 19.6. The number of thiophene rings is 1. The molecule has 3 rings (SSSR count). The molecule has 8 heteroatoms. The number of hydrogen-bond acceptors (Lipinski definition) is 6. The van der Waals surface area contributed by atoms with Crippen molar-refractivity contribution in [3.05, 3.63) is 75.0 Å². The van der Waals surface area contributed by atoms with Gasteiger partial charge in [0, 0.05) is 23.0 Å². The minimum absolute atomic E-state index is 0.239. The van der Waals surface area contributed by atoms with Crippen LogP contribution in [0, 0.1) is 5.82 Å². The Morgan fingerprint density at radius 1 is 1.00 bits per heavy atom. The van der Waals surface area contributed by atoms with Gasteiger partial charge >= 0.3 is 11.9 Å². The van der Waals surface area contributed by atoms with Crippen LogP contribution in [0.1, 0.15) is 10.8 Å². The van der Waals surface area contributed by atoms with Crippen LogP contribution in [0.3, 0.4) is 0 Å². The van der Waals surface area contributed by atoms with Crippen LogP contribution in [-0.4, -0.2) is 26.2 Å². The van der Waals surface area contributed by atoms with Crippen LogP contribution in [-0.2, 0) is 19.1 Å². The lowest BCUT2D eigenvalue weighted by Gasteiger charge is -2.29. The van der Waals surface area contributed by atoms with Crippen LogP contribution in [0.15, 0.2) is 59.9 Å². The zero-order valence-electron chi connectivity index (χ0n) is 14.4. The molecule has 1 aromatic carbocycles. The van der Waals surface area contributed by atoms with Gasteiger partial charge in [0.2, 0.25) is 0 Å². The van der Waals surface area contributed by atoms with Crippen LogP contribution in [0.25, 0.3) is 0 Å². The predicted octanol–water partition coefficient (Wildman–Crippen LogP) is 4.26. The summed E-state index contributed by atoms with van der Waals surface area (Å²) >= 11 is 7.30. The quantitative estimate of drug-likeness (QED) is 0.709. The Balaban J connectivity index is 2.15. The summed E-state index contributed by atoms with van der Waals surface area (Å²) in [4.78, 5) is 27.2. The molecular weight excluding hydrogens is 393 g/mol. The van der Waals surface area contributed by atoms with Crippen LogP contribution in [0.2, 0.25) is 4.34 Å². The number of ether oxygens (including phenoxy) is 2. The first-order chi connectivity index (χ1) is 12.9. The second-order valence-corrected chi connectivity index (χ2v) is 7.36. The maximum absolute atomic E-state index is 13.2. The van der Waals surface area contributed by atoms with E-state index in [4.69, 9.17) is 21.1 Å². The van der Waals surface area contributed by atoms with Crippen LogP contribution >= 0.6 is 22.9 Å².